The molecule has 0 aromatic carbocycles. The molecule has 0 atom stereocenters. The highest BCUT2D eigenvalue weighted by Crippen LogP contribution is 2.15. The number of hydrogen-bond acceptors (Lipinski definition) is 2. The van der Waals surface area contributed by atoms with E-state index in [1.807, 2.05) is 6.20 Å². The van der Waals surface area contributed by atoms with Crippen molar-refractivity contribution in [1.29, 1.82) is 0 Å². The van der Waals surface area contributed by atoms with Crippen LogP contribution in [0.25, 0.3) is 0 Å². The van der Waals surface area contributed by atoms with Gasteiger partial charge in [0.1, 0.15) is 5.82 Å². The van der Waals surface area contributed by atoms with Gasteiger partial charge in [0.05, 0.1) is 0 Å². The summed E-state index contributed by atoms with van der Waals surface area (Å²) in [5.41, 5.74) is 0.605. The number of nitrogens with zero attached hydrogens (tertiary/aromatic N) is 2. The van der Waals surface area contributed by atoms with E-state index >= 15 is 0 Å². The first-order chi connectivity index (χ1) is 6.43. The standard InChI is InChI=1S/C11H18N2O/c1-7(2)10-12-11(14)9(5)6-13(10)8(3)4/h6-8H,1-5H3. The van der Waals surface area contributed by atoms with Crippen LogP contribution in [0.15, 0.2) is 11.0 Å². The van der Waals surface area contributed by atoms with Crippen molar-refractivity contribution in [3.05, 3.63) is 27.9 Å². The minimum absolute atomic E-state index is 0.106. The van der Waals surface area contributed by atoms with Crippen LogP contribution >= 0.6 is 0 Å². The predicted octanol–water partition coefficient (Wildman–Crippen LogP) is 2.26. The van der Waals surface area contributed by atoms with Gasteiger partial charge in [0.25, 0.3) is 5.56 Å². The van der Waals surface area contributed by atoms with Crippen molar-refractivity contribution in [3.63, 3.8) is 0 Å². The lowest BCUT2D eigenvalue weighted by Gasteiger charge is -2.18. The van der Waals surface area contributed by atoms with E-state index in [-0.39, 0.29) is 11.5 Å². The molecule has 1 heterocycles. The molecule has 0 aliphatic heterocycles. The Hall–Kier alpha value is -1.12. The smallest absolute Gasteiger partial charge is 0.275 e. The maximum Gasteiger partial charge on any atom is 0.275 e. The Kier molecular flexibility index (Phi) is 3.09. The van der Waals surface area contributed by atoms with Gasteiger partial charge in [0.2, 0.25) is 0 Å². The second kappa shape index (κ2) is 3.95. The van der Waals surface area contributed by atoms with Gasteiger partial charge in [0, 0.05) is 23.7 Å². The first-order valence-electron chi connectivity index (χ1n) is 5.03. The molecule has 0 spiro atoms. The van der Waals surface area contributed by atoms with Crippen molar-refractivity contribution >= 4 is 0 Å². The van der Waals surface area contributed by atoms with Crippen molar-refractivity contribution in [2.24, 2.45) is 0 Å². The third-order valence-electron chi connectivity index (χ3n) is 2.22. The molecule has 0 N–H and O–H groups in total. The molecule has 1 aromatic rings. The summed E-state index contributed by atoms with van der Waals surface area (Å²) in [4.78, 5) is 15.5. The Morgan fingerprint density at radius 2 is 1.86 bits per heavy atom. The molecule has 0 saturated heterocycles. The van der Waals surface area contributed by atoms with Gasteiger partial charge in [-0.2, -0.15) is 4.98 Å². The molecule has 0 unspecified atom stereocenters. The van der Waals surface area contributed by atoms with Crippen molar-refractivity contribution < 1.29 is 0 Å². The lowest BCUT2D eigenvalue weighted by atomic mass is 10.2. The molecule has 0 aliphatic carbocycles. The SMILES string of the molecule is Cc1cn(C(C)C)c(C(C)C)nc1=O. The Morgan fingerprint density at radius 3 is 2.29 bits per heavy atom. The summed E-state index contributed by atoms with van der Waals surface area (Å²) in [7, 11) is 0. The van der Waals surface area contributed by atoms with Gasteiger partial charge in [-0.15, -0.1) is 0 Å². The third-order valence-corrected chi connectivity index (χ3v) is 2.22. The molecule has 14 heavy (non-hydrogen) atoms. The quantitative estimate of drug-likeness (QED) is 0.723. The second-order valence-electron chi connectivity index (χ2n) is 4.24. The van der Waals surface area contributed by atoms with Gasteiger partial charge in [-0.1, -0.05) is 13.8 Å². The van der Waals surface area contributed by atoms with Crippen molar-refractivity contribution in [1.82, 2.24) is 9.55 Å². The van der Waals surface area contributed by atoms with Crippen LogP contribution in [0.3, 0.4) is 0 Å². The van der Waals surface area contributed by atoms with Crippen LogP contribution in [0.4, 0.5) is 0 Å². The van der Waals surface area contributed by atoms with E-state index in [2.05, 4.69) is 37.2 Å². The highest BCUT2D eigenvalue weighted by atomic mass is 16.1. The summed E-state index contributed by atoms with van der Waals surface area (Å²) in [5.74, 6) is 1.15. The summed E-state index contributed by atoms with van der Waals surface area (Å²) in [5, 5.41) is 0. The monoisotopic (exact) mass is 194 g/mol. The fraction of sp³-hybridized carbons (Fsp3) is 0.636. The summed E-state index contributed by atoms with van der Waals surface area (Å²) in [6.07, 6.45) is 1.90. The zero-order valence-corrected chi connectivity index (χ0v) is 9.53. The van der Waals surface area contributed by atoms with Gasteiger partial charge in [-0.25, -0.2) is 0 Å². The molecule has 0 amide bonds. The normalized spacial score (nSPS) is 11.4. The number of rotatable bonds is 2. The highest BCUT2D eigenvalue weighted by molar-refractivity contribution is 5.08. The summed E-state index contributed by atoms with van der Waals surface area (Å²) in [6, 6.07) is 0.346. The third kappa shape index (κ3) is 2.03. The van der Waals surface area contributed by atoms with Gasteiger partial charge in [-0.3, -0.25) is 4.79 Å². The summed E-state index contributed by atoms with van der Waals surface area (Å²) in [6.45, 7) is 10.1. The average Bonchev–Trinajstić information content (AvgIpc) is 2.08. The number of hydrogen-bond donors (Lipinski definition) is 0. The zero-order valence-electron chi connectivity index (χ0n) is 9.53. The number of aryl methyl sites for hydroxylation is 1. The Balaban J connectivity index is 3.39. The molecule has 0 radical (unpaired) electrons. The van der Waals surface area contributed by atoms with Crippen molar-refractivity contribution in [2.75, 3.05) is 0 Å². The molecule has 0 aliphatic rings. The van der Waals surface area contributed by atoms with Crippen molar-refractivity contribution in [2.45, 2.75) is 46.6 Å². The first-order valence-corrected chi connectivity index (χ1v) is 5.03. The maximum absolute atomic E-state index is 11.4. The topological polar surface area (TPSA) is 34.9 Å². The molecule has 0 fully saturated rings. The molecule has 1 rings (SSSR count). The highest BCUT2D eigenvalue weighted by Gasteiger charge is 2.11. The zero-order chi connectivity index (χ0) is 10.9. The van der Waals surface area contributed by atoms with E-state index in [0.717, 1.165) is 5.82 Å². The van der Waals surface area contributed by atoms with Crippen LogP contribution in [0.1, 0.15) is 51.0 Å². The van der Waals surface area contributed by atoms with Gasteiger partial charge >= 0.3 is 0 Å². The minimum Gasteiger partial charge on any atom is -0.333 e. The molecule has 3 heteroatoms. The molecule has 1 aromatic heterocycles. The van der Waals surface area contributed by atoms with E-state index < -0.39 is 0 Å². The van der Waals surface area contributed by atoms with E-state index in [1.165, 1.54) is 0 Å². The predicted molar refractivity (Wildman–Crippen MR) is 57.7 cm³/mol. The van der Waals surface area contributed by atoms with Gasteiger partial charge in [0.15, 0.2) is 0 Å². The minimum atomic E-state index is -0.106. The largest absolute Gasteiger partial charge is 0.333 e. The van der Waals surface area contributed by atoms with E-state index in [9.17, 15) is 4.79 Å². The van der Waals surface area contributed by atoms with Crippen LogP contribution in [0, 0.1) is 6.92 Å². The summed E-state index contributed by atoms with van der Waals surface area (Å²) < 4.78 is 2.07. The van der Waals surface area contributed by atoms with Crippen LogP contribution < -0.4 is 5.56 Å². The first kappa shape index (κ1) is 11.0. The molecule has 0 bridgehead atoms. The van der Waals surface area contributed by atoms with Crippen LogP contribution in [-0.4, -0.2) is 9.55 Å². The van der Waals surface area contributed by atoms with E-state index in [0.29, 0.717) is 11.6 Å². The maximum atomic E-state index is 11.4. The lowest BCUT2D eigenvalue weighted by molar-refractivity contribution is 0.526. The molecular formula is C11H18N2O. The average molecular weight is 194 g/mol. The molecule has 3 nitrogen and oxygen atoms in total. The van der Waals surface area contributed by atoms with Gasteiger partial charge < -0.3 is 4.57 Å². The van der Waals surface area contributed by atoms with Crippen LogP contribution in [0.5, 0.6) is 0 Å². The Labute approximate surface area is 84.8 Å². The fourth-order valence-corrected chi connectivity index (χ4v) is 1.42. The molecular weight excluding hydrogens is 176 g/mol. The van der Waals surface area contributed by atoms with Gasteiger partial charge in [-0.05, 0) is 20.8 Å². The molecule has 78 valence electrons. The van der Waals surface area contributed by atoms with Crippen molar-refractivity contribution in [3.8, 4) is 0 Å². The fourth-order valence-electron chi connectivity index (χ4n) is 1.42. The van der Waals surface area contributed by atoms with Crippen LogP contribution in [0.2, 0.25) is 0 Å². The van der Waals surface area contributed by atoms with E-state index in [4.69, 9.17) is 0 Å². The van der Waals surface area contributed by atoms with Crippen LogP contribution in [-0.2, 0) is 0 Å². The molecule has 0 saturated carbocycles. The lowest BCUT2D eigenvalue weighted by Crippen LogP contribution is -2.21. The van der Waals surface area contributed by atoms with E-state index in [1.54, 1.807) is 6.92 Å². The second-order valence-corrected chi connectivity index (χ2v) is 4.24. The summed E-state index contributed by atoms with van der Waals surface area (Å²) >= 11 is 0. The Bertz CT molecular complexity index is 377. The number of aromatic nitrogens is 2. The Morgan fingerprint density at radius 1 is 1.29 bits per heavy atom.